The van der Waals surface area contributed by atoms with E-state index in [1.165, 1.54) is 24.3 Å². The molecule has 2 aromatic carbocycles. The van der Waals surface area contributed by atoms with Crippen LogP contribution in [0.2, 0.25) is 30.1 Å². The lowest BCUT2D eigenvalue weighted by atomic mass is 9.79. The van der Waals surface area contributed by atoms with E-state index < -0.39 is 58.4 Å². The Morgan fingerprint density at radius 2 is 0.987 bits per heavy atom. The van der Waals surface area contributed by atoms with E-state index in [9.17, 15) is 40.7 Å². The van der Waals surface area contributed by atoms with Crippen LogP contribution in [0.1, 0.15) is 109 Å². The number of aryl methyl sites for hydroxylation is 2. The molecule has 2 atom stereocenters. The maximum absolute atomic E-state index is 14.4. The van der Waals surface area contributed by atoms with Gasteiger partial charge in [0.1, 0.15) is 45.3 Å². The molecule has 2 aliphatic heterocycles. The summed E-state index contributed by atoms with van der Waals surface area (Å²) in [6.07, 6.45) is -12.1. The molecule has 416 valence electrons. The Balaban J connectivity index is 0.000000265. The van der Waals surface area contributed by atoms with Crippen LogP contribution < -0.4 is 15.1 Å². The third-order valence-electron chi connectivity index (χ3n) is 11.5. The summed E-state index contributed by atoms with van der Waals surface area (Å²) < 4.78 is 105. The van der Waals surface area contributed by atoms with Crippen molar-refractivity contribution in [3.05, 3.63) is 112 Å². The standard InChI is InChI=1S/C23H25Cl3F3N3O2.C18H13Cl3F3N3.C10H18O5/c1-13-14(11-30-20(33)34-21(2,3)4)5-6-18(31-13)32-8-7-22(12-32,23(27,28)29)15-9-16(24)19(26)17(25)10-15;1-10-11(8-25)2-3-15(26-10)27-5-4-17(9-27,18(22,23)24)12-6-13(19)16(21)14(20)7-12;1-9(2,3)14-7(11)13-8(12)15-10(4,5)6/h5-6,9-10H,7-8,11-12H2,1-4H3,(H,30,33);2-3,6-7H,4-5,9H2,1H3;1-6H3. The van der Waals surface area contributed by atoms with Gasteiger partial charge in [-0.2, -0.15) is 31.6 Å². The second-order valence-corrected chi connectivity index (χ2v) is 23.1. The highest BCUT2D eigenvalue weighted by atomic mass is 35.5. The third kappa shape index (κ3) is 16.6. The smallest absolute Gasteiger partial charge is 0.444 e. The molecule has 2 aliphatic rings. The zero-order valence-corrected chi connectivity index (χ0v) is 47.7. The number of anilines is 2. The van der Waals surface area contributed by atoms with Crippen molar-refractivity contribution in [3.8, 4) is 6.07 Å². The highest BCUT2D eigenvalue weighted by molar-refractivity contribution is 6.48. The highest BCUT2D eigenvalue weighted by Gasteiger charge is 2.60. The maximum Gasteiger partial charge on any atom is 0.519 e. The van der Waals surface area contributed by atoms with Crippen LogP contribution in [0.15, 0.2) is 48.5 Å². The SMILES string of the molecule is CC(C)(C)OC(=O)OC(=O)OC(C)(C)C.Cc1nc(N2CCC(c3cc(Cl)c(Cl)c(Cl)c3)(C(F)(F)F)C2)ccc1C#N.Cc1nc(N2CCC(c3cc(Cl)c(Cl)c(Cl)c3)(C(F)(F)F)C2)ccc1CNC(=O)OC(C)(C)C. The van der Waals surface area contributed by atoms with Gasteiger partial charge >= 0.3 is 30.8 Å². The molecular formula is C51H56Cl6F6N6O7. The lowest BCUT2D eigenvalue weighted by Gasteiger charge is -2.33. The fourth-order valence-electron chi connectivity index (χ4n) is 7.81. The van der Waals surface area contributed by atoms with Crippen LogP contribution in [0, 0.1) is 25.2 Å². The summed E-state index contributed by atoms with van der Waals surface area (Å²) in [5, 5.41) is 11.6. The van der Waals surface area contributed by atoms with E-state index in [2.05, 4.69) is 20.0 Å². The molecule has 0 spiro atoms. The van der Waals surface area contributed by atoms with E-state index in [0.717, 1.165) is 5.56 Å². The largest absolute Gasteiger partial charge is 0.519 e. The second kappa shape index (κ2) is 24.4. The number of benzene rings is 2. The summed E-state index contributed by atoms with van der Waals surface area (Å²) in [5.41, 5.74) is -4.21. The number of amides is 1. The molecule has 13 nitrogen and oxygen atoms in total. The summed E-state index contributed by atoms with van der Waals surface area (Å²) in [5.74, 6) is 0.805. The van der Waals surface area contributed by atoms with Crippen molar-refractivity contribution in [2.24, 2.45) is 0 Å². The molecule has 0 bridgehead atoms. The second-order valence-electron chi connectivity index (χ2n) is 20.7. The Morgan fingerprint density at radius 1 is 0.618 bits per heavy atom. The number of carbonyl (C=O) groups is 3. The van der Waals surface area contributed by atoms with Gasteiger partial charge in [0.2, 0.25) is 0 Å². The third-order valence-corrected chi connectivity index (χ3v) is 13.9. The molecule has 2 saturated heterocycles. The molecule has 0 saturated carbocycles. The molecule has 0 radical (unpaired) electrons. The average molecular weight is 1190 g/mol. The predicted molar refractivity (Wildman–Crippen MR) is 281 cm³/mol. The van der Waals surface area contributed by atoms with Gasteiger partial charge in [-0.25, -0.2) is 24.4 Å². The maximum atomic E-state index is 14.4. The Kier molecular flexibility index (Phi) is 20.5. The van der Waals surface area contributed by atoms with Gasteiger partial charge in [0.25, 0.3) is 0 Å². The highest BCUT2D eigenvalue weighted by Crippen LogP contribution is 2.52. The fraction of sp³-hybridized carbons (Fsp3) is 0.490. The number of rotatable bonds is 6. The minimum atomic E-state index is -4.55. The van der Waals surface area contributed by atoms with Gasteiger partial charge in [-0.1, -0.05) is 75.7 Å². The zero-order valence-electron chi connectivity index (χ0n) is 43.2. The lowest BCUT2D eigenvalue weighted by Crippen LogP contribution is -2.45. The minimum Gasteiger partial charge on any atom is -0.444 e. The van der Waals surface area contributed by atoms with Crippen molar-refractivity contribution in [2.75, 3.05) is 36.0 Å². The summed E-state index contributed by atoms with van der Waals surface area (Å²) in [6, 6.07) is 13.4. The van der Waals surface area contributed by atoms with Gasteiger partial charge in [0, 0.05) is 38.4 Å². The number of nitrogens with zero attached hydrogens (tertiary/aromatic N) is 5. The van der Waals surface area contributed by atoms with Gasteiger partial charge in [-0.3, -0.25) is 0 Å². The van der Waals surface area contributed by atoms with Gasteiger partial charge in [-0.05, 0) is 148 Å². The van der Waals surface area contributed by atoms with Crippen LogP contribution in [-0.2, 0) is 36.3 Å². The van der Waals surface area contributed by atoms with E-state index in [0.29, 0.717) is 28.6 Å². The van der Waals surface area contributed by atoms with Crippen molar-refractivity contribution in [1.82, 2.24) is 15.3 Å². The molecule has 2 aromatic heterocycles. The summed E-state index contributed by atoms with van der Waals surface area (Å²) in [4.78, 5) is 45.8. The Hall–Kier alpha value is -4.84. The van der Waals surface area contributed by atoms with Crippen molar-refractivity contribution < 1.29 is 59.7 Å². The molecular weight excluding hydrogens is 1140 g/mol. The van der Waals surface area contributed by atoms with Crippen molar-refractivity contribution in [2.45, 2.75) is 136 Å². The van der Waals surface area contributed by atoms with E-state index in [1.807, 2.05) is 6.07 Å². The van der Waals surface area contributed by atoms with Crippen molar-refractivity contribution in [3.63, 3.8) is 0 Å². The Bertz CT molecular complexity index is 2760. The number of nitriles is 1. The van der Waals surface area contributed by atoms with E-state index in [-0.39, 0.29) is 86.8 Å². The van der Waals surface area contributed by atoms with Crippen LogP contribution in [0.3, 0.4) is 0 Å². The first kappa shape index (κ1) is 63.7. The number of ether oxygens (including phenoxy) is 4. The molecule has 0 aliphatic carbocycles. The lowest BCUT2D eigenvalue weighted by molar-refractivity contribution is -0.185. The average Bonchev–Trinajstić information content (AvgIpc) is 3.94. The molecule has 2 fully saturated rings. The van der Waals surface area contributed by atoms with Crippen molar-refractivity contribution >= 4 is 99.6 Å². The van der Waals surface area contributed by atoms with Crippen LogP contribution >= 0.6 is 69.6 Å². The number of aromatic nitrogens is 2. The molecule has 1 amide bonds. The van der Waals surface area contributed by atoms with Gasteiger partial charge < -0.3 is 34.1 Å². The Morgan fingerprint density at radius 3 is 1.32 bits per heavy atom. The van der Waals surface area contributed by atoms with E-state index >= 15 is 0 Å². The number of nitrogens with one attached hydrogen (secondary N) is 1. The number of carbonyl (C=O) groups excluding carboxylic acids is 3. The summed E-state index contributed by atoms with van der Waals surface area (Å²) in [6.45, 7) is 18.5. The molecule has 4 aromatic rings. The number of hydrogen-bond acceptors (Lipinski definition) is 12. The topological polar surface area (TPSA) is 156 Å². The molecule has 25 heteroatoms. The van der Waals surface area contributed by atoms with Crippen LogP contribution in [0.4, 0.5) is 52.4 Å². The van der Waals surface area contributed by atoms with Crippen LogP contribution in [0.25, 0.3) is 0 Å². The zero-order chi connectivity index (χ0) is 57.7. The predicted octanol–water partition coefficient (Wildman–Crippen LogP) is 15.9. The van der Waals surface area contributed by atoms with Crippen LogP contribution in [0.5, 0.6) is 0 Å². The van der Waals surface area contributed by atoms with E-state index in [1.54, 1.807) is 110 Å². The molecule has 2 unspecified atom stereocenters. The summed E-state index contributed by atoms with van der Waals surface area (Å²) in [7, 11) is 0. The fourth-order valence-corrected chi connectivity index (χ4v) is 9.00. The van der Waals surface area contributed by atoms with Crippen LogP contribution in [-0.4, -0.2) is 83.7 Å². The number of alkyl carbamates (subject to hydrolysis) is 1. The summed E-state index contributed by atoms with van der Waals surface area (Å²) >= 11 is 35.9. The monoisotopic (exact) mass is 1190 g/mol. The van der Waals surface area contributed by atoms with Gasteiger partial charge in [-0.15, -0.1) is 0 Å². The minimum absolute atomic E-state index is 0.0198. The first-order valence-electron chi connectivity index (χ1n) is 23.1. The number of hydrogen-bond donors (Lipinski definition) is 1. The van der Waals surface area contributed by atoms with Gasteiger partial charge in [0.05, 0.1) is 41.4 Å². The molecule has 6 rings (SSSR count). The number of alkyl halides is 6. The molecule has 76 heavy (non-hydrogen) atoms. The van der Waals surface area contributed by atoms with E-state index in [4.69, 9.17) is 89.1 Å². The quantitative estimate of drug-likeness (QED) is 0.0642. The first-order chi connectivity index (χ1) is 34.7. The molecule has 1 N–H and O–H groups in total. The Labute approximate surface area is 467 Å². The van der Waals surface area contributed by atoms with Gasteiger partial charge in [0.15, 0.2) is 0 Å². The number of pyridine rings is 2. The van der Waals surface area contributed by atoms with Crippen molar-refractivity contribution in [1.29, 1.82) is 5.26 Å². The number of halogens is 12. The molecule has 4 heterocycles. The normalized spacial score (nSPS) is 17.9. The first-order valence-corrected chi connectivity index (χ1v) is 25.4.